The van der Waals surface area contributed by atoms with Crippen LogP contribution >= 0.6 is 22.9 Å². The van der Waals surface area contributed by atoms with Gasteiger partial charge in [-0.2, -0.15) is 0 Å². The molecule has 2 N–H and O–H groups in total. The fourth-order valence-corrected chi connectivity index (χ4v) is 4.73. The van der Waals surface area contributed by atoms with Crippen LogP contribution in [0.3, 0.4) is 0 Å². The topological polar surface area (TPSA) is 67.2 Å². The van der Waals surface area contributed by atoms with Crippen molar-refractivity contribution in [3.8, 4) is 0 Å². The molecule has 3 heterocycles. The second-order valence-electron chi connectivity index (χ2n) is 7.25. The van der Waals surface area contributed by atoms with E-state index in [-0.39, 0.29) is 17.7 Å². The van der Waals surface area contributed by atoms with E-state index in [0.717, 1.165) is 38.1 Å². The average molecular weight is 452 g/mol. The number of thiophene rings is 1. The third-order valence-corrected chi connectivity index (χ3v) is 6.43. The number of amides is 1. The van der Waals surface area contributed by atoms with E-state index < -0.39 is 0 Å². The van der Waals surface area contributed by atoms with Gasteiger partial charge in [0.05, 0.1) is 12.3 Å². The number of nitrogens with one attached hydrogen (secondary N) is 2. The van der Waals surface area contributed by atoms with E-state index in [1.807, 2.05) is 56.3 Å². The Labute approximate surface area is 190 Å². The highest BCUT2D eigenvalue weighted by molar-refractivity contribution is 7.16. The Balaban J connectivity index is 1.79. The van der Waals surface area contributed by atoms with E-state index in [1.165, 1.54) is 6.26 Å². The van der Waals surface area contributed by atoms with E-state index >= 15 is 0 Å². The molecule has 1 amide bonds. The van der Waals surface area contributed by atoms with E-state index in [4.69, 9.17) is 16.0 Å². The van der Waals surface area contributed by atoms with Gasteiger partial charge in [-0.25, -0.2) is 4.98 Å². The maximum absolute atomic E-state index is 12.7. The van der Waals surface area contributed by atoms with Crippen LogP contribution in [0.5, 0.6) is 0 Å². The van der Waals surface area contributed by atoms with Crippen molar-refractivity contribution in [3.63, 3.8) is 0 Å². The summed E-state index contributed by atoms with van der Waals surface area (Å²) in [7, 11) is 0. The van der Waals surface area contributed by atoms with Gasteiger partial charge in [0.1, 0.15) is 10.8 Å². The molecule has 31 heavy (non-hydrogen) atoms. The molecule has 4 rings (SSSR count). The number of hydrogen-bond acceptors (Lipinski definition) is 5. The normalized spacial score (nSPS) is 11.9. The molecule has 158 valence electrons. The van der Waals surface area contributed by atoms with Crippen LogP contribution in [0.1, 0.15) is 43.9 Å². The largest absolute Gasteiger partial charge is 0.459 e. The summed E-state index contributed by atoms with van der Waals surface area (Å²) >= 11 is 7.86. The summed E-state index contributed by atoms with van der Waals surface area (Å²) in [4.78, 5) is 18.4. The first kappa shape index (κ1) is 21.2. The predicted octanol–water partition coefficient (Wildman–Crippen LogP) is 6.77. The third kappa shape index (κ3) is 4.65. The molecule has 0 saturated heterocycles. The second-order valence-corrected chi connectivity index (χ2v) is 8.92. The summed E-state index contributed by atoms with van der Waals surface area (Å²) < 4.78 is 5.26. The molecule has 0 saturated carbocycles. The van der Waals surface area contributed by atoms with Crippen molar-refractivity contribution < 1.29 is 9.21 Å². The maximum atomic E-state index is 12.7. The first-order valence-electron chi connectivity index (χ1n) is 9.83. The number of carbonyl (C=O) groups is 1. The predicted molar refractivity (Wildman–Crippen MR) is 126 cm³/mol. The number of rotatable bonds is 6. The maximum Gasteiger partial charge on any atom is 0.291 e. The fourth-order valence-electron chi connectivity index (χ4n) is 3.44. The van der Waals surface area contributed by atoms with Crippen molar-refractivity contribution in [3.05, 3.63) is 98.9 Å². The minimum atomic E-state index is -0.286. The van der Waals surface area contributed by atoms with Gasteiger partial charge in [-0.1, -0.05) is 29.8 Å². The summed E-state index contributed by atoms with van der Waals surface area (Å²) in [5.74, 6) is 0.727. The van der Waals surface area contributed by atoms with Crippen LogP contribution in [0.4, 0.5) is 10.8 Å². The summed E-state index contributed by atoms with van der Waals surface area (Å²) in [6.07, 6.45) is 1.49. The number of carbonyl (C=O) groups excluding carboxylic acids is 1. The Hall–Kier alpha value is -3.09. The second kappa shape index (κ2) is 8.96. The zero-order valence-electron chi connectivity index (χ0n) is 17.4. The van der Waals surface area contributed by atoms with Crippen molar-refractivity contribution in [2.45, 2.75) is 26.8 Å². The number of hydrogen-bond donors (Lipinski definition) is 2. The quantitative estimate of drug-likeness (QED) is 0.339. The fraction of sp³-hybridized carbons (Fsp3) is 0.167. The number of furan rings is 1. The number of aromatic nitrogens is 1. The minimum Gasteiger partial charge on any atom is -0.459 e. The van der Waals surface area contributed by atoms with Gasteiger partial charge >= 0.3 is 0 Å². The molecule has 0 aliphatic carbocycles. The minimum absolute atomic E-state index is 0.259. The molecule has 0 fully saturated rings. The molecule has 0 radical (unpaired) electrons. The molecule has 0 spiro atoms. The average Bonchev–Trinajstić information content (AvgIpc) is 3.36. The van der Waals surface area contributed by atoms with Crippen LogP contribution in [0.2, 0.25) is 5.02 Å². The molecule has 3 aromatic heterocycles. The lowest BCUT2D eigenvalue weighted by atomic mass is 9.96. The van der Waals surface area contributed by atoms with Crippen LogP contribution in [-0.4, -0.2) is 10.9 Å². The van der Waals surface area contributed by atoms with Crippen molar-refractivity contribution in [2.24, 2.45) is 0 Å². The summed E-state index contributed by atoms with van der Waals surface area (Å²) in [6, 6.07) is 16.6. The highest BCUT2D eigenvalue weighted by Crippen LogP contribution is 2.41. The number of nitrogens with zero attached hydrogens (tertiary/aromatic N) is 1. The molecule has 0 aliphatic rings. The number of aryl methyl sites for hydroxylation is 2. The zero-order chi connectivity index (χ0) is 22.0. The van der Waals surface area contributed by atoms with Crippen LogP contribution in [0.15, 0.2) is 65.3 Å². The van der Waals surface area contributed by atoms with Gasteiger partial charge in [-0.15, -0.1) is 11.3 Å². The van der Waals surface area contributed by atoms with Crippen molar-refractivity contribution >= 4 is 39.7 Å². The number of benzene rings is 1. The highest BCUT2D eigenvalue weighted by Gasteiger charge is 2.26. The monoisotopic (exact) mass is 451 g/mol. The van der Waals surface area contributed by atoms with E-state index in [2.05, 4.69) is 22.5 Å². The molecule has 1 atom stereocenters. The van der Waals surface area contributed by atoms with E-state index in [9.17, 15) is 4.79 Å². The van der Waals surface area contributed by atoms with Gasteiger partial charge in [-0.05, 0) is 68.3 Å². The Morgan fingerprint density at radius 2 is 1.90 bits per heavy atom. The van der Waals surface area contributed by atoms with Crippen molar-refractivity contribution in [1.29, 1.82) is 0 Å². The lowest BCUT2D eigenvalue weighted by molar-refractivity contribution is 0.0997. The SMILES string of the molecule is Cc1cccc(N[C@H](c2cccc(Cl)c2)c2c(NC(=O)c3ccco3)sc(C)c2C)n1. The van der Waals surface area contributed by atoms with E-state index in [1.54, 1.807) is 23.5 Å². The molecule has 0 aliphatic heterocycles. The summed E-state index contributed by atoms with van der Waals surface area (Å²) in [5.41, 5.74) is 3.97. The standard InChI is InChI=1S/C24H22ClN3O2S/c1-14-7-4-11-20(26-14)27-22(17-8-5-9-18(25)13-17)21-15(2)16(3)31-24(21)28-23(29)19-10-6-12-30-19/h4-13,22H,1-3H3,(H,26,27)(H,28,29)/t22-/m1/s1. The smallest absolute Gasteiger partial charge is 0.291 e. The lowest BCUT2D eigenvalue weighted by Gasteiger charge is -2.22. The Bertz CT molecular complexity index is 1220. The first-order chi connectivity index (χ1) is 14.9. The Morgan fingerprint density at radius 1 is 1.10 bits per heavy atom. The van der Waals surface area contributed by atoms with Crippen molar-refractivity contribution in [1.82, 2.24) is 4.98 Å². The van der Waals surface area contributed by atoms with Crippen molar-refractivity contribution in [2.75, 3.05) is 10.6 Å². The van der Waals surface area contributed by atoms with Gasteiger partial charge in [0.15, 0.2) is 5.76 Å². The van der Waals surface area contributed by atoms with E-state index in [0.29, 0.717) is 5.02 Å². The molecular weight excluding hydrogens is 430 g/mol. The summed E-state index contributed by atoms with van der Waals surface area (Å²) in [6.45, 7) is 6.06. The molecule has 0 bridgehead atoms. The highest BCUT2D eigenvalue weighted by atomic mass is 35.5. The number of halogens is 1. The summed E-state index contributed by atoms with van der Waals surface area (Å²) in [5, 5.41) is 7.98. The van der Waals surface area contributed by atoms with Crippen LogP contribution in [0.25, 0.3) is 0 Å². The number of anilines is 2. The molecular formula is C24H22ClN3O2S. The molecule has 5 nitrogen and oxygen atoms in total. The van der Waals surface area contributed by atoms with Gasteiger partial charge in [-0.3, -0.25) is 4.79 Å². The molecule has 4 aromatic rings. The van der Waals surface area contributed by atoms with Crippen LogP contribution < -0.4 is 10.6 Å². The van der Waals surface area contributed by atoms with Gasteiger partial charge < -0.3 is 15.1 Å². The van der Waals surface area contributed by atoms with Gasteiger partial charge in [0.25, 0.3) is 5.91 Å². The first-order valence-corrected chi connectivity index (χ1v) is 11.0. The molecule has 1 aromatic carbocycles. The van der Waals surface area contributed by atoms with Crippen LogP contribution in [0, 0.1) is 20.8 Å². The van der Waals surface area contributed by atoms with Gasteiger partial charge in [0.2, 0.25) is 0 Å². The Morgan fingerprint density at radius 3 is 2.61 bits per heavy atom. The Kier molecular flexibility index (Phi) is 6.11. The zero-order valence-corrected chi connectivity index (χ0v) is 19.0. The molecule has 0 unspecified atom stereocenters. The lowest BCUT2D eigenvalue weighted by Crippen LogP contribution is -2.18. The van der Waals surface area contributed by atoms with Crippen LogP contribution in [-0.2, 0) is 0 Å². The molecule has 7 heteroatoms. The third-order valence-electron chi connectivity index (χ3n) is 5.06. The van der Waals surface area contributed by atoms with Gasteiger partial charge in [0, 0.05) is 21.2 Å². The number of pyridine rings is 1.